The van der Waals surface area contributed by atoms with Crippen molar-refractivity contribution in [1.82, 2.24) is 5.32 Å². The van der Waals surface area contributed by atoms with Gasteiger partial charge in [0, 0.05) is 24.0 Å². The van der Waals surface area contributed by atoms with Crippen LogP contribution in [0.2, 0.25) is 0 Å². The number of aliphatic hydroxyl groups is 1. The maximum atomic E-state index is 11.5. The van der Waals surface area contributed by atoms with Gasteiger partial charge in [-0.05, 0) is 24.3 Å². The van der Waals surface area contributed by atoms with Crippen LogP contribution in [0.15, 0.2) is 36.0 Å². The largest absolute Gasteiger partial charge is 0.395 e. The number of aliphatic hydroxyl groups excluding tert-OH is 1. The lowest BCUT2D eigenvalue weighted by Crippen LogP contribution is -2.26. The highest BCUT2D eigenvalue weighted by molar-refractivity contribution is 5.94. The van der Waals surface area contributed by atoms with Gasteiger partial charge in [0.2, 0.25) is 0 Å². The molecule has 3 N–H and O–H groups in total. The van der Waals surface area contributed by atoms with Crippen molar-refractivity contribution in [3.8, 4) is 12.1 Å². The first-order chi connectivity index (χ1) is 9.21. The molecule has 96 valence electrons. The number of allylic oxidation sites excluding steroid dienone is 1. The molecule has 0 aliphatic carbocycles. The Kier molecular flexibility index (Phi) is 5.61. The van der Waals surface area contributed by atoms with Crippen LogP contribution in [-0.4, -0.2) is 24.2 Å². The van der Waals surface area contributed by atoms with E-state index in [0.29, 0.717) is 11.3 Å². The summed E-state index contributed by atoms with van der Waals surface area (Å²) in [4.78, 5) is 11.5. The number of rotatable bonds is 5. The number of amides is 1. The second-order valence-corrected chi connectivity index (χ2v) is 3.48. The molecule has 0 saturated carbocycles. The zero-order valence-electron chi connectivity index (χ0n) is 10.1. The van der Waals surface area contributed by atoms with E-state index in [9.17, 15) is 4.79 Å². The van der Waals surface area contributed by atoms with Crippen LogP contribution in [0.1, 0.15) is 10.4 Å². The quantitative estimate of drug-likeness (QED) is 0.673. The van der Waals surface area contributed by atoms with Crippen molar-refractivity contribution in [1.29, 1.82) is 10.5 Å². The minimum atomic E-state index is -0.272. The number of hydrogen-bond acceptors (Lipinski definition) is 5. The number of nitriles is 2. The molecule has 0 spiro atoms. The molecule has 6 heteroatoms. The van der Waals surface area contributed by atoms with E-state index in [-0.39, 0.29) is 24.6 Å². The van der Waals surface area contributed by atoms with Crippen LogP contribution in [0.25, 0.3) is 0 Å². The topological polar surface area (TPSA) is 109 Å². The van der Waals surface area contributed by atoms with Gasteiger partial charge in [0.15, 0.2) is 0 Å². The number of anilines is 1. The average molecular weight is 256 g/mol. The highest BCUT2D eigenvalue weighted by Crippen LogP contribution is 2.10. The predicted molar refractivity (Wildman–Crippen MR) is 68.8 cm³/mol. The van der Waals surface area contributed by atoms with Gasteiger partial charge in [-0.15, -0.1) is 0 Å². The van der Waals surface area contributed by atoms with Crippen molar-refractivity contribution < 1.29 is 9.90 Å². The standard InChI is InChI=1S/C13H12N4O2/c14-7-10(8-15)9-17-12-3-1-11(2-4-12)13(19)16-5-6-18/h1-4,9,17-18H,5-6H2,(H,16,19). The van der Waals surface area contributed by atoms with E-state index >= 15 is 0 Å². The first kappa shape index (κ1) is 14.2. The average Bonchev–Trinajstić information content (AvgIpc) is 2.46. The summed E-state index contributed by atoms with van der Waals surface area (Å²) in [5.74, 6) is -0.272. The Morgan fingerprint density at radius 2 is 1.89 bits per heavy atom. The van der Waals surface area contributed by atoms with Crippen LogP contribution in [0, 0.1) is 22.7 Å². The molecule has 0 unspecified atom stereocenters. The van der Waals surface area contributed by atoms with Crippen LogP contribution in [0.4, 0.5) is 5.69 Å². The Morgan fingerprint density at radius 3 is 2.42 bits per heavy atom. The number of carbonyl (C=O) groups excluding carboxylic acids is 1. The van der Waals surface area contributed by atoms with Crippen molar-refractivity contribution in [3.05, 3.63) is 41.6 Å². The maximum Gasteiger partial charge on any atom is 0.251 e. The molecule has 1 amide bonds. The predicted octanol–water partition coefficient (Wildman–Crippen LogP) is 0.752. The summed E-state index contributed by atoms with van der Waals surface area (Å²) in [5.41, 5.74) is 1.08. The van der Waals surface area contributed by atoms with Gasteiger partial charge < -0.3 is 15.7 Å². The van der Waals surface area contributed by atoms with Gasteiger partial charge in [-0.2, -0.15) is 10.5 Å². The molecule has 0 fully saturated rings. The summed E-state index contributed by atoms with van der Waals surface area (Å²) in [6.45, 7) is 0.0938. The van der Waals surface area contributed by atoms with Gasteiger partial charge in [-0.25, -0.2) is 0 Å². The van der Waals surface area contributed by atoms with Crippen LogP contribution in [0.5, 0.6) is 0 Å². The van der Waals surface area contributed by atoms with Crippen LogP contribution < -0.4 is 10.6 Å². The van der Waals surface area contributed by atoms with Crippen molar-refractivity contribution in [2.45, 2.75) is 0 Å². The Morgan fingerprint density at radius 1 is 1.26 bits per heavy atom. The molecule has 0 bridgehead atoms. The van der Waals surface area contributed by atoms with Crippen LogP contribution >= 0.6 is 0 Å². The molecule has 1 aromatic carbocycles. The highest BCUT2D eigenvalue weighted by atomic mass is 16.3. The first-order valence-electron chi connectivity index (χ1n) is 5.47. The fourth-order valence-corrected chi connectivity index (χ4v) is 1.23. The van der Waals surface area contributed by atoms with Gasteiger partial charge in [0.1, 0.15) is 17.7 Å². The monoisotopic (exact) mass is 256 g/mol. The fraction of sp³-hybridized carbons (Fsp3) is 0.154. The zero-order chi connectivity index (χ0) is 14.1. The molecule has 1 aromatic rings. The molecule has 0 aromatic heterocycles. The molecule has 0 radical (unpaired) electrons. The molecule has 0 atom stereocenters. The van der Waals surface area contributed by atoms with Crippen molar-refractivity contribution in [3.63, 3.8) is 0 Å². The Hall–Kier alpha value is -2.83. The van der Waals surface area contributed by atoms with Gasteiger partial charge in [-0.3, -0.25) is 4.79 Å². The summed E-state index contributed by atoms with van der Waals surface area (Å²) < 4.78 is 0. The van der Waals surface area contributed by atoms with E-state index in [0.717, 1.165) is 0 Å². The van der Waals surface area contributed by atoms with Gasteiger partial charge in [0.05, 0.1) is 6.61 Å². The Bertz CT molecular complexity index is 533. The third kappa shape index (κ3) is 4.50. The van der Waals surface area contributed by atoms with E-state index in [2.05, 4.69) is 10.6 Å². The highest BCUT2D eigenvalue weighted by Gasteiger charge is 2.03. The third-order valence-corrected chi connectivity index (χ3v) is 2.17. The number of carbonyl (C=O) groups is 1. The Balaban J connectivity index is 2.67. The smallest absolute Gasteiger partial charge is 0.251 e. The van der Waals surface area contributed by atoms with Gasteiger partial charge >= 0.3 is 0 Å². The number of nitrogens with one attached hydrogen (secondary N) is 2. The number of benzene rings is 1. The SMILES string of the molecule is N#CC(C#N)=CNc1ccc(C(=O)NCCO)cc1. The number of nitrogens with zero attached hydrogens (tertiary/aromatic N) is 2. The second kappa shape index (κ2) is 7.49. The molecule has 0 aliphatic rings. The third-order valence-electron chi connectivity index (χ3n) is 2.17. The number of hydrogen-bond donors (Lipinski definition) is 3. The summed E-state index contributed by atoms with van der Waals surface area (Å²) in [6.07, 6.45) is 1.29. The van der Waals surface area contributed by atoms with Crippen molar-refractivity contribution in [2.24, 2.45) is 0 Å². The molecular weight excluding hydrogens is 244 g/mol. The lowest BCUT2D eigenvalue weighted by atomic mass is 10.2. The van der Waals surface area contributed by atoms with E-state index in [1.807, 2.05) is 0 Å². The van der Waals surface area contributed by atoms with E-state index in [4.69, 9.17) is 15.6 Å². The van der Waals surface area contributed by atoms with Gasteiger partial charge in [0.25, 0.3) is 5.91 Å². The summed E-state index contributed by atoms with van der Waals surface area (Å²) in [6, 6.07) is 9.95. The summed E-state index contributed by atoms with van der Waals surface area (Å²) in [5, 5.41) is 31.0. The molecule has 1 rings (SSSR count). The molecule has 0 heterocycles. The summed E-state index contributed by atoms with van der Waals surface area (Å²) in [7, 11) is 0. The van der Waals surface area contributed by atoms with Crippen molar-refractivity contribution in [2.75, 3.05) is 18.5 Å². The van der Waals surface area contributed by atoms with Gasteiger partial charge in [-0.1, -0.05) is 0 Å². The zero-order valence-corrected chi connectivity index (χ0v) is 10.1. The molecule has 6 nitrogen and oxygen atoms in total. The molecule has 0 saturated heterocycles. The summed E-state index contributed by atoms with van der Waals surface area (Å²) >= 11 is 0. The lowest BCUT2D eigenvalue weighted by Gasteiger charge is -2.04. The second-order valence-electron chi connectivity index (χ2n) is 3.48. The molecule has 19 heavy (non-hydrogen) atoms. The van der Waals surface area contributed by atoms with E-state index in [1.165, 1.54) is 6.20 Å². The van der Waals surface area contributed by atoms with E-state index < -0.39 is 0 Å². The minimum absolute atomic E-state index is 0.0373. The van der Waals surface area contributed by atoms with Crippen LogP contribution in [-0.2, 0) is 0 Å². The molecular formula is C13H12N4O2. The minimum Gasteiger partial charge on any atom is -0.395 e. The maximum absolute atomic E-state index is 11.5. The normalized spacial score (nSPS) is 8.79. The lowest BCUT2D eigenvalue weighted by molar-refractivity contribution is 0.0945. The van der Waals surface area contributed by atoms with Crippen LogP contribution in [0.3, 0.4) is 0 Å². The Labute approximate surface area is 110 Å². The molecule has 0 aliphatic heterocycles. The first-order valence-corrected chi connectivity index (χ1v) is 5.47. The van der Waals surface area contributed by atoms with Crippen molar-refractivity contribution >= 4 is 11.6 Å². The van der Waals surface area contributed by atoms with E-state index in [1.54, 1.807) is 36.4 Å². The fourth-order valence-electron chi connectivity index (χ4n) is 1.23.